The number of halogens is 1. The molecule has 0 aromatic heterocycles. The lowest BCUT2D eigenvalue weighted by Crippen LogP contribution is -2.31. The molecule has 0 unspecified atom stereocenters. The Morgan fingerprint density at radius 2 is 1.88 bits per heavy atom. The van der Waals surface area contributed by atoms with Gasteiger partial charge in [0.15, 0.2) is 0 Å². The molecule has 0 aromatic carbocycles. The van der Waals surface area contributed by atoms with E-state index in [0.717, 1.165) is 4.90 Å². The van der Waals surface area contributed by atoms with Crippen molar-refractivity contribution in [2.45, 2.75) is 46.0 Å². The summed E-state index contributed by atoms with van der Waals surface area (Å²) in [5, 5.41) is 0. The Bertz CT molecular complexity index is 266. The fourth-order valence-electron chi connectivity index (χ4n) is 1.43. The van der Waals surface area contributed by atoms with E-state index in [1.54, 1.807) is 0 Å². The Balaban J connectivity index is 3.78. The number of imide groups is 1. The van der Waals surface area contributed by atoms with Gasteiger partial charge in [0.25, 0.3) is 0 Å². The first kappa shape index (κ1) is 15.7. The molecule has 17 heavy (non-hydrogen) atoms. The Labute approximate surface area is 101 Å². The van der Waals surface area contributed by atoms with Gasteiger partial charge >= 0.3 is 6.04 Å². The smallest absolute Gasteiger partial charge is 0.285 e. The molecule has 0 saturated heterocycles. The van der Waals surface area contributed by atoms with Crippen LogP contribution >= 0.6 is 0 Å². The topological polar surface area (TPSA) is 54.5 Å². The Hall–Kier alpha value is -1.26. The van der Waals surface area contributed by atoms with Crippen LogP contribution in [-0.2, 0) is 14.4 Å². The highest BCUT2D eigenvalue weighted by atomic mass is 19.1. The summed E-state index contributed by atoms with van der Waals surface area (Å²) in [5.41, 5.74) is 0. The average molecular weight is 245 g/mol. The van der Waals surface area contributed by atoms with Gasteiger partial charge in [0.2, 0.25) is 12.3 Å². The second-order valence-electron chi connectivity index (χ2n) is 4.46. The molecule has 4 nitrogen and oxygen atoms in total. The largest absolute Gasteiger partial charge is 0.301 e. The lowest BCUT2D eigenvalue weighted by Gasteiger charge is -2.16. The van der Waals surface area contributed by atoms with Crippen LogP contribution in [-0.4, -0.2) is 29.8 Å². The number of amides is 2. The number of carbonyl (C=O) groups is 3. The molecule has 0 aromatic rings. The predicted octanol–water partition coefficient (Wildman–Crippen LogP) is 2.07. The van der Waals surface area contributed by atoms with E-state index in [-0.39, 0.29) is 18.2 Å². The fraction of sp³-hybridized carbons (Fsp3) is 0.750. The van der Waals surface area contributed by atoms with Crippen molar-refractivity contribution in [3.63, 3.8) is 0 Å². The minimum Gasteiger partial charge on any atom is -0.285 e. The number of hydrogen-bond donors (Lipinski definition) is 0. The molecule has 98 valence electrons. The van der Waals surface area contributed by atoms with Crippen LogP contribution in [0.25, 0.3) is 0 Å². The molecular formula is C12H20FNO3. The molecule has 0 aliphatic heterocycles. The number of unbranched alkanes of at least 4 members (excludes halogenated alkanes) is 2. The van der Waals surface area contributed by atoms with E-state index >= 15 is 0 Å². The SMILES string of the molecule is CC(C)CC(=O)N(C=O)CCCCCC(=O)F. The summed E-state index contributed by atoms with van der Waals surface area (Å²) >= 11 is 0. The maximum Gasteiger partial charge on any atom is 0.301 e. The fourth-order valence-corrected chi connectivity index (χ4v) is 1.43. The second-order valence-corrected chi connectivity index (χ2v) is 4.46. The van der Waals surface area contributed by atoms with Gasteiger partial charge < -0.3 is 0 Å². The summed E-state index contributed by atoms with van der Waals surface area (Å²) in [6, 6.07) is -1.31. The highest BCUT2D eigenvalue weighted by Crippen LogP contribution is 2.06. The summed E-state index contributed by atoms with van der Waals surface area (Å²) in [5.74, 6) is 0.0330. The Morgan fingerprint density at radius 1 is 1.24 bits per heavy atom. The van der Waals surface area contributed by atoms with E-state index in [0.29, 0.717) is 38.6 Å². The monoisotopic (exact) mass is 245 g/mol. The van der Waals surface area contributed by atoms with Crippen molar-refractivity contribution in [1.29, 1.82) is 0 Å². The molecule has 0 fully saturated rings. The van der Waals surface area contributed by atoms with Gasteiger partial charge in [-0.15, -0.1) is 0 Å². The van der Waals surface area contributed by atoms with Crippen LogP contribution in [0.5, 0.6) is 0 Å². The third-order valence-electron chi connectivity index (χ3n) is 2.30. The summed E-state index contributed by atoms with van der Waals surface area (Å²) in [7, 11) is 0. The lowest BCUT2D eigenvalue weighted by atomic mass is 10.1. The zero-order valence-electron chi connectivity index (χ0n) is 10.4. The number of nitrogens with zero attached hydrogens (tertiary/aromatic N) is 1. The van der Waals surface area contributed by atoms with E-state index < -0.39 is 6.04 Å². The average Bonchev–Trinajstić information content (AvgIpc) is 2.21. The van der Waals surface area contributed by atoms with Gasteiger partial charge in [-0.2, -0.15) is 4.39 Å². The molecule has 0 saturated carbocycles. The van der Waals surface area contributed by atoms with Gasteiger partial charge in [-0.25, -0.2) is 0 Å². The van der Waals surface area contributed by atoms with Crippen LogP contribution in [0, 0.1) is 5.92 Å². The highest BCUT2D eigenvalue weighted by Gasteiger charge is 2.13. The Morgan fingerprint density at radius 3 is 2.35 bits per heavy atom. The van der Waals surface area contributed by atoms with Gasteiger partial charge in [0.1, 0.15) is 0 Å². The van der Waals surface area contributed by atoms with Gasteiger partial charge in [-0.05, 0) is 18.8 Å². The molecule has 0 aliphatic carbocycles. The first-order valence-electron chi connectivity index (χ1n) is 5.90. The summed E-state index contributed by atoms with van der Waals surface area (Å²) < 4.78 is 11.9. The molecule has 0 radical (unpaired) electrons. The normalized spacial score (nSPS) is 10.4. The minimum absolute atomic E-state index is 0.0823. The van der Waals surface area contributed by atoms with Crippen molar-refractivity contribution in [2.24, 2.45) is 5.92 Å². The standard InChI is InChI=1S/C12H20FNO3/c1-10(2)8-12(17)14(9-15)7-5-3-4-6-11(13)16/h9-10H,3-8H2,1-2H3. The van der Waals surface area contributed by atoms with Crippen LogP contribution < -0.4 is 0 Å². The molecule has 2 amide bonds. The molecule has 0 atom stereocenters. The van der Waals surface area contributed by atoms with Crippen molar-refractivity contribution in [3.05, 3.63) is 0 Å². The molecule has 0 spiro atoms. The van der Waals surface area contributed by atoms with Crippen molar-refractivity contribution in [2.75, 3.05) is 6.54 Å². The third-order valence-corrected chi connectivity index (χ3v) is 2.30. The van der Waals surface area contributed by atoms with Crippen LogP contribution in [0.3, 0.4) is 0 Å². The zero-order chi connectivity index (χ0) is 13.3. The van der Waals surface area contributed by atoms with Crippen molar-refractivity contribution in [1.82, 2.24) is 4.90 Å². The van der Waals surface area contributed by atoms with E-state index in [4.69, 9.17) is 0 Å². The molecule has 0 aliphatic rings. The van der Waals surface area contributed by atoms with E-state index in [9.17, 15) is 18.8 Å². The van der Waals surface area contributed by atoms with E-state index in [2.05, 4.69) is 0 Å². The molecule has 5 heteroatoms. The van der Waals surface area contributed by atoms with Crippen LogP contribution in [0.15, 0.2) is 0 Å². The van der Waals surface area contributed by atoms with Gasteiger partial charge in [-0.3, -0.25) is 19.3 Å². The molecule has 0 bridgehead atoms. The van der Waals surface area contributed by atoms with Crippen molar-refractivity contribution < 1.29 is 18.8 Å². The van der Waals surface area contributed by atoms with Crippen LogP contribution in [0.1, 0.15) is 46.0 Å². The lowest BCUT2D eigenvalue weighted by molar-refractivity contribution is -0.139. The maximum atomic E-state index is 11.9. The first-order chi connectivity index (χ1) is 7.97. The van der Waals surface area contributed by atoms with Crippen LogP contribution in [0.2, 0.25) is 0 Å². The molecule has 0 rings (SSSR count). The number of carbonyl (C=O) groups excluding carboxylic acids is 3. The second kappa shape index (κ2) is 8.84. The third kappa shape index (κ3) is 8.54. The number of hydrogen-bond acceptors (Lipinski definition) is 3. The molecule has 0 heterocycles. The van der Waals surface area contributed by atoms with E-state index in [1.165, 1.54) is 0 Å². The van der Waals surface area contributed by atoms with Gasteiger partial charge in [-0.1, -0.05) is 20.3 Å². The first-order valence-corrected chi connectivity index (χ1v) is 5.90. The van der Waals surface area contributed by atoms with Crippen molar-refractivity contribution >= 4 is 18.4 Å². The van der Waals surface area contributed by atoms with Gasteiger partial charge in [0, 0.05) is 19.4 Å². The number of rotatable bonds is 9. The zero-order valence-corrected chi connectivity index (χ0v) is 10.4. The highest BCUT2D eigenvalue weighted by molar-refractivity contribution is 5.86. The summed E-state index contributed by atoms with van der Waals surface area (Å²) in [4.78, 5) is 33.4. The predicted molar refractivity (Wildman–Crippen MR) is 61.8 cm³/mol. The summed E-state index contributed by atoms with van der Waals surface area (Å²) in [6.45, 7) is 4.16. The van der Waals surface area contributed by atoms with Gasteiger partial charge in [0.05, 0.1) is 0 Å². The van der Waals surface area contributed by atoms with Crippen molar-refractivity contribution in [3.8, 4) is 0 Å². The quantitative estimate of drug-likeness (QED) is 0.355. The maximum absolute atomic E-state index is 11.9. The summed E-state index contributed by atoms with van der Waals surface area (Å²) in [6.07, 6.45) is 2.50. The minimum atomic E-state index is -1.31. The molecule has 0 N–H and O–H groups in total. The van der Waals surface area contributed by atoms with E-state index in [1.807, 2.05) is 13.8 Å². The Kier molecular flexibility index (Phi) is 8.19. The molecular weight excluding hydrogens is 225 g/mol. The van der Waals surface area contributed by atoms with Crippen LogP contribution in [0.4, 0.5) is 4.39 Å².